The van der Waals surface area contributed by atoms with Crippen LogP contribution in [0.4, 0.5) is 5.69 Å². The lowest BCUT2D eigenvalue weighted by Gasteiger charge is -2.14. The van der Waals surface area contributed by atoms with Gasteiger partial charge in [-0.1, -0.05) is 13.3 Å². The van der Waals surface area contributed by atoms with Crippen LogP contribution in [0.15, 0.2) is 29.2 Å². The molecule has 1 aromatic carbocycles. The fourth-order valence-electron chi connectivity index (χ4n) is 1.69. The number of anilines is 1. The van der Waals surface area contributed by atoms with Gasteiger partial charge in [0.15, 0.2) is 9.84 Å². The van der Waals surface area contributed by atoms with Crippen LogP contribution < -0.4 is 5.32 Å². The zero-order valence-corrected chi connectivity index (χ0v) is 11.9. The number of nitrogens with one attached hydrogen (secondary N) is 1. The highest BCUT2D eigenvalue weighted by atomic mass is 32.2. The summed E-state index contributed by atoms with van der Waals surface area (Å²) in [6.45, 7) is 2.50. The van der Waals surface area contributed by atoms with E-state index in [1.807, 2.05) is 6.92 Å². The molecule has 0 aliphatic rings. The Bertz CT molecular complexity index is 522. The van der Waals surface area contributed by atoms with Crippen molar-refractivity contribution >= 4 is 21.5 Å². The summed E-state index contributed by atoms with van der Waals surface area (Å²) in [6.07, 6.45) is 2.07. The second-order valence-corrected chi connectivity index (χ2v) is 6.57. The van der Waals surface area contributed by atoms with E-state index in [2.05, 4.69) is 5.32 Å². The number of carboxylic acid groups (broad SMARTS) is 1. The predicted octanol–water partition coefficient (Wildman–Crippen LogP) is 2.00. The van der Waals surface area contributed by atoms with Gasteiger partial charge >= 0.3 is 5.97 Å². The molecule has 0 radical (unpaired) electrons. The van der Waals surface area contributed by atoms with Gasteiger partial charge in [-0.25, -0.2) is 8.42 Å². The van der Waals surface area contributed by atoms with Crippen molar-refractivity contribution in [3.8, 4) is 0 Å². The maximum absolute atomic E-state index is 11.3. The Labute approximate surface area is 113 Å². The van der Waals surface area contributed by atoms with E-state index in [-0.39, 0.29) is 17.2 Å². The van der Waals surface area contributed by atoms with Gasteiger partial charge in [0.2, 0.25) is 0 Å². The molecule has 6 heteroatoms. The lowest BCUT2D eigenvalue weighted by atomic mass is 10.0. The summed E-state index contributed by atoms with van der Waals surface area (Å²) in [5, 5.41) is 11.9. The van der Waals surface area contributed by atoms with E-state index >= 15 is 0 Å². The SMILES string of the molecule is CCC(CNc1ccc(S(C)(=O)=O)cc1)CC(=O)O. The minimum atomic E-state index is -3.18. The number of carboxylic acids is 1. The molecular weight excluding hydrogens is 266 g/mol. The average molecular weight is 285 g/mol. The van der Waals surface area contributed by atoms with Crippen LogP contribution in [-0.4, -0.2) is 32.3 Å². The van der Waals surface area contributed by atoms with Crippen LogP contribution in [0.2, 0.25) is 0 Å². The Balaban J connectivity index is 2.61. The van der Waals surface area contributed by atoms with E-state index in [0.29, 0.717) is 6.54 Å². The first-order chi connectivity index (χ1) is 8.82. The second kappa shape index (κ2) is 6.56. The van der Waals surface area contributed by atoms with Crippen molar-refractivity contribution in [1.82, 2.24) is 0 Å². The largest absolute Gasteiger partial charge is 0.481 e. The van der Waals surface area contributed by atoms with E-state index in [1.165, 1.54) is 12.1 Å². The van der Waals surface area contributed by atoms with Gasteiger partial charge in [0.1, 0.15) is 0 Å². The number of hydrogen-bond acceptors (Lipinski definition) is 4. The molecule has 0 heterocycles. The quantitative estimate of drug-likeness (QED) is 0.800. The van der Waals surface area contributed by atoms with Crippen molar-refractivity contribution in [3.05, 3.63) is 24.3 Å². The third-order valence-electron chi connectivity index (χ3n) is 2.92. The van der Waals surface area contributed by atoms with Gasteiger partial charge in [-0.2, -0.15) is 0 Å². The van der Waals surface area contributed by atoms with E-state index in [4.69, 9.17) is 5.11 Å². The molecule has 1 unspecified atom stereocenters. The van der Waals surface area contributed by atoms with Crippen molar-refractivity contribution in [2.45, 2.75) is 24.7 Å². The van der Waals surface area contributed by atoms with Crippen LogP contribution in [0.1, 0.15) is 19.8 Å². The molecule has 19 heavy (non-hydrogen) atoms. The number of sulfone groups is 1. The molecule has 0 aliphatic carbocycles. The lowest BCUT2D eigenvalue weighted by Crippen LogP contribution is -2.17. The molecule has 0 aromatic heterocycles. The summed E-state index contributed by atoms with van der Waals surface area (Å²) >= 11 is 0. The molecule has 1 rings (SSSR count). The first-order valence-corrected chi connectivity index (χ1v) is 7.98. The first-order valence-electron chi connectivity index (χ1n) is 6.08. The molecule has 106 valence electrons. The minimum absolute atomic E-state index is 0.0621. The van der Waals surface area contributed by atoms with Gasteiger partial charge in [-0.3, -0.25) is 4.79 Å². The third-order valence-corrected chi connectivity index (χ3v) is 4.05. The number of hydrogen-bond donors (Lipinski definition) is 2. The van der Waals surface area contributed by atoms with Gasteiger partial charge in [0.05, 0.1) is 4.90 Å². The van der Waals surface area contributed by atoms with Crippen LogP contribution in [-0.2, 0) is 14.6 Å². The fraction of sp³-hybridized carbons (Fsp3) is 0.462. The number of aliphatic carboxylic acids is 1. The Morgan fingerprint density at radius 2 is 1.89 bits per heavy atom. The van der Waals surface area contributed by atoms with Crippen LogP contribution in [0.3, 0.4) is 0 Å². The maximum Gasteiger partial charge on any atom is 0.303 e. The second-order valence-electron chi connectivity index (χ2n) is 4.55. The summed E-state index contributed by atoms with van der Waals surface area (Å²) in [5.41, 5.74) is 0.788. The molecule has 0 amide bonds. The number of rotatable bonds is 7. The zero-order valence-electron chi connectivity index (χ0n) is 11.1. The monoisotopic (exact) mass is 285 g/mol. The number of benzene rings is 1. The van der Waals surface area contributed by atoms with Crippen LogP contribution in [0.5, 0.6) is 0 Å². The molecule has 1 atom stereocenters. The normalized spacial score (nSPS) is 12.9. The van der Waals surface area contributed by atoms with E-state index in [1.54, 1.807) is 12.1 Å². The molecule has 1 aromatic rings. The molecule has 0 bridgehead atoms. The van der Waals surface area contributed by atoms with Crippen LogP contribution in [0, 0.1) is 5.92 Å². The summed E-state index contributed by atoms with van der Waals surface area (Å²) in [7, 11) is -3.18. The molecule has 0 saturated heterocycles. The highest BCUT2D eigenvalue weighted by Crippen LogP contribution is 2.15. The Morgan fingerprint density at radius 1 is 1.32 bits per heavy atom. The van der Waals surface area contributed by atoms with Crippen molar-refractivity contribution in [3.63, 3.8) is 0 Å². The fourth-order valence-corrected chi connectivity index (χ4v) is 2.32. The van der Waals surface area contributed by atoms with E-state index in [0.717, 1.165) is 18.4 Å². The number of carbonyl (C=O) groups is 1. The average Bonchev–Trinajstić information content (AvgIpc) is 2.33. The zero-order chi connectivity index (χ0) is 14.5. The lowest BCUT2D eigenvalue weighted by molar-refractivity contribution is -0.138. The maximum atomic E-state index is 11.3. The van der Waals surface area contributed by atoms with E-state index < -0.39 is 15.8 Å². The summed E-state index contributed by atoms with van der Waals surface area (Å²) in [4.78, 5) is 10.9. The smallest absolute Gasteiger partial charge is 0.303 e. The molecule has 0 spiro atoms. The standard InChI is InChI=1S/C13H19NO4S/c1-3-10(8-13(15)16)9-14-11-4-6-12(7-5-11)19(2,17)18/h4-7,10,14H,3,8-9H2,1-2H3,(H,15,16). The van der Waals surface area contributed by atoms with Crippen molar-refractivity contribution in [2.75, 3.05) is 18.1 Å². The van der Waals surface area contributed by atoms with Gasteiger partial charge in [0.25, 0.3) is 0 Å². The van der Waals surface area contributed by atoms with Crippen LogP contribution >= 0.6 is 0 Å². The molecule has 2 N–H and O–H groups in total. The highest BCUT2D eigenvalue weighted by molar-refractivity contribution is 7.90. The van der Waals surface area contributed by atoms with E-state index in [9.17, 15) is 13.2 Å². The third kappa shape index (κ3) is 5.30. The Hall–Kier alpha value is -1.56. The van der Waals surface area contributed by atoms with Crippen LogP contribution in [0.25, 0.3) is 0 Å². The van der Waals surface area contributed by atoms with Crippen molar-refractivity contribution < 1.29 is 18.3 Å². The topological polar surface area (TPSA) is 83.5 Å². The molecular formula is C13H19NO4S. The van der Waals surface area contributed by atoms with Gasteiger partial charge in [0, 0.05) is 24.9 Å². The first kappa shape index (κ1) is 15.5. The Morgan fingerprint density at radius 3 is 2.32 bits per heavy atom. The highest BCUT2D eigenvalue weighted by Gasteiger charge is 2.11. The molecule has 5 nitrogen and oxygen atoms in total. The summed E-state index contributed by atoms with van der Waals surface area (Å²) in [5.74, 6) is -0.742. The van der Waals surface area contributed by atoms with Crippen molar-refractivity contribution in [1.29, 1.82) is 0 Å². The Kier molecular flexibility index (Phi) is 5.35. The summed E-state index contributed by atoms with van der Waals surface area (Å²) in [6, 6.07) is 6.44. The summed E-state index contributed by atoms with van der Waals surface area (Å²) < 4.78 is 22.6. The van der Waals surface area contributed by atoms with Gasteiger partial charge in [-0.15, -0.1) is 0 Å². The molecule has 0 aliphatic heterocycles. The van der Waals surface area contributed by atoms with Crippen molar-refractivity contribution in [2.24, 2.45) is 5.92 Å². The molecule has 0 fully saturated rings. The van der Waals surface area contributed by atoms with Gasteiger partial charge in [-0.05, 0) is 30.2 Å². The molecule has 0 saturated carbocycles. The predicted molar refractivity (Wildman–Crippen MR) is 74.1 cm³/mol. The van der Waals surface area contributed by atoms with Gasteiger partial charge < -0.3 is 10.4 Å². The minimum Gasteiger partial charge on any atom is -0.481 e.